The number of likely N-dealkylation sites (N-methyl/N-ethyl adjacent to an activating group) is 1. The second-order valence-electron chi connectivity index (χ2n) is 10.3. The summed E-state index contributed by atoms with van der Waals surface area (Å²) in [6.07, 6.45) is 0.438. The summed E-state index contributed by atoms with van der Waals surface area (Å²) in [6.45, 7) is 1.93. The van der Waals surface area contributed by atoms with Crippen LogP contribution in [-0.2, 0) is 38.8 Å². The molecule has 1 saturated heterocycles. The van der Waals surface area contributed by atoms with Crippen LogP contribution in [0, 0.1) is 0 Å². The number of carboxylic acid groups (broad SMARTS) is 1. The van der Waals surface area contributed by atoms with Crippen LogP contribution < -0.4 is 5.32 Å². The highest BCUT2D eigenvalue weighted by Gasteiger charge is 2.32. The fourth-order valence-corrected chi connectivity index (χ4v) is 4.82. The maximum atomic E-state index is 12.0. The molecule has 3 aromatic rings. The van der Waals surface area contributed by atoms with Gasteiger partial charge in [0.15, 0.2) is 6.29 Å². The number of benzene rings is 3. The minimum atomic E-state index is -0.898. The third-order valence-corrected chi connectivity index (χ3v) is 6.96. The third-order valence-electron chi connectivity index (χ3n) is 6.96. The first-order valence-corrected chi connectivity index (χ1v) is 13.7. The summed E-state index contributed by atoms with van der Waals surface area (Å²) in [5.41, 5.74) is 4.97. The van der Waals surface area contributed by atoms with E-state index in [0.717, 1.165) is 35.3 Å². The molecule has 3 aromatic carbocycles. The SMILES string of the molecule is CN(Cc1ccccc1)CC1CC(c2ccc(CO)cc2)OC(c2ccc(CNC(=O)CCCC(=O)O)cc2)O1. The van der Waals surface area contributed by atoms with Gasteiger partial charge in [-0.3, -0.25) is 14.5 Å². The van der Waals surface area contributed by atoms with Gasteiger partial charge in [0.25, 0.3) is 0 Å². The zero-order chi connectivity index (χ0) is 28.3. The number of aliphatic hydroxyl groups is 1. The van der Waals surface area contributed by atoms with E-state index in [2.05, 4.69) is 29.4 Å². The van der Waals surface area contributed by atoms with Gasteiger partial charge in [-0.2, -0.15) is 0 Å². The van der Waals surface area contributed by atoms with E-state index in [1.54, 1.807) is 0 Å². The molecule has 3 unspecified atom stereocenters. The Bertz CT molecular complexity index is 1220. The van der Waals surface area contributed by atoms with Gasteiger partial charge in [0, 0.05) is 44.5 Å². The first-order chi connectivity index (χ1) is 19.4. The Morgan fingerprint density at radius 1 is 0.875 bits per heavy atom. The molecule has 0 radical (unpaired) electrons. The van der Waals surface area contributed by atoms with Gasteiger partial charge in [0.05, 0.1) is 18.8 Å². The molecule has 0 aliphatic carbocycles. The lowest BCUT2D eigenvalue weighted by atomic mass is 9.99. The van der Waals surface area contributed by atoms with E-state index < -0.39 is 12.3 Å². The van der Waals surface area contributed by atoms with E-state index >= 15 is 0 Å². The topological polar surface area (TPSA) is 108 Å². The zero-order valence-electron chi connectivity index (χ0n) is 22.9. The van der Waals surface area contributed by atoms with Crippen LogP contribution in [-0.4, -0.2) is 46.7 Å². The van der Waals surface area contributed by atoms with Gasteiger partial charge in [-0.1, -0.05) is 78.9 Å². The summed E-state index contributed by atoms with van der Waals surface area (Å²) in [4.78, 5) is 24.9. The van der Waals surface area contributed by atoms with Crippen molar-refractivity contribution in [3.05, 3.63) is 107 Å². The molecule has 1 heterocycles. The quantitative estimate of drug-likeness (QED) is 0.285. The number of hydrogen-bond donors (Lipinski definition) is 3. The Hall–Kier alpha value is -3.56. The van der Waals surface area contributed by atoms with E-state index in [1.165, 1.54) is 5.56 Å². The van der Waals surface area contributed by atoms with E-state index in [4.69, 9.17) is 14.6 Å². The van der Waals surface area contributed by atoms with Crippen LogP contribution in [0.25, 0.3) is 0 Å². The van der Waals surface area contributed by atoms with Crippen LogP contribution in [0.3, 0.4) is 0 Å². The summed E-state index contributed by atoms with van der Waals surface area (Å²) in [5.74, 6) is -1.06. The fraction of sp³-hybridized carbons (Fsp3) is 0.375. The van der Waals surface area contributed by atoms with Gasteiger partial charge < -0.3 is 25.0 Å². The number of carbonyl (C=O) groups is 2. The van der Waals surface area contributed by atoms with Gasteiger partial charge in [0.2, 0.25) is 5.91 Å². The molecule has 8 nitrogen and oxygen atoms in total. The van der Waals surface area contributed by atoms with Crippen molar-refractivity contribution >= 4 is 11.9 Å². The summed E-state index contributed by atoms with van der Waals surface area (Å²) in [5, 5.41) is 21.0. The lowest BCUT2D eigenvalue weighted by Gasteiger charge is -2.38. The summed E-state index contributed by atoms with van der Waals surface area (Å²) >= 11 is 0. The van der Waals surface area contributed by atoms with Crippen LogP contribution in [0.1, 0.15) is 65.9 Å². The van der Waals surface area contributed by atoms with Gasteiger partial charge in [-0.15, -0.1) is 0 Å². The minimum absolute atomic E-state index is 0.000414. The average molecular weight is 547 g/mol. The molecular formula is C32H38N2O6. The van der Waals surface area contributed by atoms with Gasteiger partial charge in [-0.05, 0) is 35.7 Å². The number of nitrogens with zero attached hydrogens (tertiary/aromatic N) is 1. The standard InChI is InChI=1S/C32H38N2O6/c1-34(20-24-6-3-2-4-7-24)21-28-18-29(26-14-12-25(22-35)13-15-26)40-32(39-28)27-16-10-23(11-17-27)19-33-30(36)8-5-9-31(37)38/h2-4,6-7,10-17,28-29,32,35H,5,8-9,18-22H2,1H3,(H,33,36)(H,37,38). The lowest BCUT2D eigenvalue weighted by molar-refractivity contribution is -0.252. The first kappa shape index (κ1) is 29.4. The Kier molecular flexibility index (Phi) is 10.8. The molecule has 0 spiro atoms. The summed E-state index contributed by atoms with van der Waals surface area (Å²) in [7, 11) is 2.09. The maximum absolute atomic E-state index is 12.0. The molecule has 40 heavy (non-hydrogen) atoms. The molecule has 3 N–H and O–H groups in total. The number of aliphatic hydroxyl groups excluding tert-OH is 1. The highest BCUT2D eigenvalue weighted by atomic mass is 16.7. The van der Waals surface area contributed by atoms with Crippen molar-refractivity contribution in [2.75, 3.05) is 13.6 Å². The van der Waals surface area contributed by atoms with Crippen molar-refractivity contribution in [2.24, 2.45) is 0 Å². The number of amides is 1. The second-order valence-corrected chi connectivity index (χ2v) is 10.3. The number of carbonyl (C=O) groups excluding carboxylic acids is 1. The monoisotopic (exact) mass is 546 g/mol. The number of nitrogens with one attached hydrogen (secondary N) is 1. The molecule has 1 aliphatic rings. The number of rotatable bonds is 13. The molecule has 212 valence electrons. The molecule has 0 bridgehead atoms. The molecule has 0 aromatic heterocycles. The smallest absolute Gasteiger partial charge is 0.303 e. The third kappa shape index (κ3) is 8.99. The Morgan fingerprint density at radius 2 is 1.55 bits per heavy atom. The molecule has 1 aliphatic heterocycles. The normalized spacial score (nSPS) is 18.9. The van der Waals surface area contributed by atoms with Crippen molar-refractivity contribution in [3.63, 3.8) is 0 Å². The number of hydrogen-bond acceptors (Lipinski definition) is 6. The predicted molar refractivity (Wildman–Crippen MR) is 151 cm³/mol. The molecule has 0 saturated carbocycles. The van der Waals surface area contributed by atoms with Gasteiger partial charge in [0.1, 0.15) is 0 Å². The van der Waals surface area contributed by atoms with E-state index in [-0.39, 0.29) is 37.6 Å². The fourth-order valence-electron chi connectivity index (χ4n) is 4.82. The van der Waals surface area contributed by atoms with E-state index in [0.29, 0.717) is 19.4 Å². The molecule has 1 fully saturated rings. The van der Waals surface area contributed by atoms with Crippen LogP contribution in [0.4, 0.5) is 0 Å². The molecule has 4 rings (SSSR count). The Labute approximate surface area is 235 Å². The first-order valence-electron chi connectivity index (χ1n) is 13.7. The second kappa shape index (κ2) is 14.7. The van der Waals surface area contributed by atoms with Crippen LogP contribution in [0.5, 0.6) is 0 Å². The van der Waals surface area contributed by atoms with Crippen LogP contribution in [0.15, 0.2) is 78.9 Å². The number of ether oxygens (including phenoxy) is 2. The van der Waals surface area contributed by atoms with Gasteiger partial charge >= 0.3 is 5.97 Å². The van der Waals surface area contributed by atoms with Crippen molar-refractivity contribution < 1.29 is 29.3 Å². The maximum Gasteiger partial charge on any atom is 0.303 e. The van der Waals surface area contributed by atoms with Crippen molar-refractivity contribution in [2.45, 2.75) is 63.9 Å². The lowest BCUT2D eigenvalue weighted by Crippen LogP contribution is -2.37. The van der Waals surface area contributed by atoms with E-state index in [1.807, 2.05) is 66.7 Å². The minimum Gasteiger partial charge on any atom is -0.481 e. The number of aliphatic carboxylic acids is 1. The Balaban J connectivity index is 1.41. The zero-order valence-corrected chi connectivity index (χ0v) is 22.9. The highest BCUT2D eigenvalue weighted by molar-refractivity contribution is 5.76. The largest absolute Gasteiger partial charge is 0.481 e. The predicted octanol–water partition coefficient (Wildman–Crippen LogP) is 4.73. The molecule has 8 heteroatoms. The van der Waals surface area contributed by atoms with Crippen molar-refractivity contribution in [1.29, 1.82) is 0 Å². The highest BCUT2D eigenvalue weighted by Crippen LogP contribution is 2.38. The van der Waals surface area contributed by atoms with Crippen molar-refractivity contribution in [1.82, 2.24) is 10.2 Å². The number of carboxylic acids is 1. The van der Waals surface area contributed by atoms with Gasteiger partial charge in [-0.25, -0.2) is 0 Å². The summed E-state index contributed by atoms with van der Waals surface area (Å²) in [6, 6.07) is 26.0. The Morgan fingerprint density at radius 3 is 2.23 bits per heavy atom. The molecule has 3 atom stereocenters. The van der Waals surface area contributed by atoms with Crippen molar-refractivity contribution in [3.8, 4) is 0 Å². The molecular weight excluding hydrogens is 508 g/mol. The van der Waals surface area contributed by atoms with E-state index in [9.17, 15) is 14.7 Å². The van der Waals surface area contributed by atoms with Crippen LogP contribution in [0.2, 0.25) is 0 Å². The summed E-state index contributed by atoms with van der Waals surface area (Å²) < 4.78 is 12.9. The molecule has 1 amide bonds. The van der Waals surface area contributed by atoms with Crippen LogP contribution >= 0.6 is 0 Å². The average Bonchev–Trinajstić information content (AvgIpc) is 2.96.